The zero-order chi connectivity index (χ0) is 45.8. The van der Waals surface area contributed by atoms with Crippen molar-refractivity contribution in [3.63, 3.8) is 0 Å². The smallest absolute Gasteiger partial charge is 0 e. The second-order valence-electron chi connectivity index (χ2n) is 18.6. The van der Waals surface area contributed by atoms with Gasteiger partial charge < -0.3 is 4.57 Å². The number of rotatable bonds is 8. The van der Waals surface area contributed by atoms with Crippen molar-refractivity contribution in [2.45, 2.75) is 76.5 Å². The molecule has 7 heteroatoms. The van der Waals surface area contributed by atoms with E-state index in [9.17, 15) is 4.39 Å². The number of hydrogen-bond acceptors (Lipinski definition) is 3. The molecule has 0 aliphatic carbocycles. The van der Waals surface area contributed by atoms with Crippen LogP contribution in [-0.4, -0.2) is 27.8 Å². The predicted molar refractivity (Wildman–Crippen MR) is 275 cm³/mol. The zero-order valence-corrected chi connectivity index (χ0v) is 43.8. The molecule has 65 heavy (non-hydrogen) atoms. The van der Waals surface area contributed by atoms with E-state index in [2.05, 4.69) is 158 Å². The molecule has 329 valence electrons. The molecule has 0 atom stereocenters. The number of halogens is 1. The molecule has 10 rings (SSSR count). The first-order chi connectivity index (χ1) is 31.1. The second kappa shape index (κ2) is 18.9. The maximum Gasteiger partial charge on any atom is 0 e. The third kappa shape index (κ3) is 9.03. The Morgan fingerprint density at radius 3 is 2.06 bits per heavy atom. The summed E-state index contributed by atoms with van der Waals surface area (Å²) < 4.78 is 28.5. The van der Waals surface area contributed by atoms with Crippen molar-refractivity contribution in [2.24, 2.45) is 0 Å². The molecule has 7 aromatic carbocycles. The van der Waals surface area contributed by atoms with E-state index in [1.807, 2.05) is 56.4 Å². The van der Waals surface area contributed by atoms with Crippen molar-refractivity contribution in [3.8, 4) is 39.5 Å². The molecule has 3 nitrogen and oxygen atoms in total. The minimum atomic E-state index is -2.03. The molecule has 0 aliphatic heterocycles. The second-order valence-corrected chi connectivity index (χ2v) is 30.2. The van der Waals surface area contributed by atoms with E-state index in [0.29, 0.717) is 0 Å². The molecule has 0 bridgehead atoms. The van der Waals surface area contributed by atoms with Crippen LogP contribution < -0.4 is 4.40 Å². The van der Waals surface area contributed by atoms with E-state index in [1.165, 1.54) is 37.7 Å². The van der Waals surface area contributed by atoms with Crippen LogP contribution in [0.1, 0.15) is 77.3 Å². The van der Waals surface area contributed by atoms with E-state index >= 15 is 0 Å². The Bertz CT molecular complexity index is 3340. The first-order valence-electron chi connectivity index (χ1n) is 22.7. The average molecular weight is 1110 g/mol. The first-order valence-corrected chi connectivity index (χ1v) is 30.4. The van der Waals surface area contributed by atoms with Gasteiger partial charge >= 0.3 is 120 Å². The number of hydrogen-bond donors (Lipinski definition) is 0. The topological polar surface area (TPSA) is 30.7 Å². The van der Waals surface area contributed by atoms with Crippen molar-refractivity contribution >= 4 is 71.0 Å². The minimum absolute atomic E-state index is 0. The number of benzene rings is 7. The maximum absolute atomic E-state index is 14.3. The van der Waals surface area contributed by atoms with Gasteiger partial charge in [-0.15, -0.1) is 18.2 Å². The molecule has 3 aromatic heterocycles. The van der Waals surface area contributed by atoms with Crippen LogP contribution in [0.4, 0.5) is 4.39 Å². The Hall–Kier alpha value is -5.24. The summed E-state index contributed by atoms with van der Waals surface area (Å²) in [6.45, 7) is 13.0. The van der Waals surface area contributed by atoms with Gasteiger partial charge in [0.15, 0.2) is 0 Å². The van der Waals surface area contributed by atoms with Gasteiger partial charge in [0, 0.05) is 35.9 Å². The molecule has 0 unspecified atom stereocenters. The van der Waals surface area contributed by atoms with Crippen molar-refractivity contribution < 1.29 is 25.9 Å². The van der Waals surface area contributed by atoms with E-state index in [0.717, 1.165) is 64.8 Å². The van der Waals surface area contributed by atoms with Crippen LogP contribution in [0.5, 0.6) is 0 Å². The summed E-state index contributed by atoms with van der Waals surface area (Å²) in [6, 6.07) is 54.2. The van der Waals surface area contributed by atoms with Gasteiger partial charge in [-0.1, -0.05) is 105 Å². The number of thiophene rings is 1. The fourth-order valence-electron chi connectivity index (χ4n) is 8.89. The molecule has 0 saturated heterocycles. The fourth-order valence-corrected chi connectivity index (χ4v) is 13.4. The Balaban J connectivity index is 0.000000238. The van der Waals surface area contributed by atoms with Gasteiger partial charge in [0.1, 0.15) is 5.82 Å². The molecular formula is C58H54FGeIrN3S-2. The van der Waals surface area contributed by atoms with Gasteiger partial charge in [-0.05, 0) is 79.9 Å². The van der Waals surface area contributed by atoms with Crippen LogP contribution in [0, 0.1) is 17.9 Å². The maximum atomic E-state index is 14.3. The Morgan fingerprint density at radius 1 is 0.677 bits per heavy atom. The number of imidazole rings is 1. The van der Waals surface area contributed by atoms with Crippen LogP contribution in [0.25, 0.3) is 81.4 Å². The molecule has 1 radical (unpaired) electrons. The third-order valence-corrected chi connectivity index (χ3v) is 17.6. The monoisotopic (exact) mass is 1110 g/mol. The van der Waals surface area contributed by atoms with Crippen LogP contribution in [-0.2, 0) is 20.1 Å². The largest absolute Gasteiger partial charge is 0 e. The molecule has 0 fully saturated rings. The Morgan fingerprint density at radius 2 is 1.38 bits per heavy atom. The Labute approximate surface area is 404 Å². The summed E-state index contributed by atoms with van der Waals surface area (Å²) in [6.07, 6.45) is 2.00. The molecule has 10 aromatic rings. The van der Waals surface area contributed by atoms with Crippen molar-refractivity contribution in [3.05, 3.63) is 180 Å². The van der Waals surface area contributed by atoms with E-state index < -0.39 is 19.2 Å². The van der Waals surface area contributed by atoms with Gasteiger partial charge in [-0.25, -0.2) is 4.39 Å². The Kier molecular flexibility index (Phi) is 13.1. The predicted octanol–water partition coefficient (Wildman–Crippen LogP) is 16.3. The minimum Gasteiger partial charge on any atom is 0 e. The zero-order valence-electron chi connectivity index (χ0n) is 39.5. The summed E-state index contributed by atoms with van der Waals surface area (Å²) in [7, 11) is 0. The van der Waals surface area contributed by atoms with Crippen LogP contribution >= 0.6 is 11.3 Å². The molecule has 0 spiro atoms. The summed E-state index contributed by atoms with van der Waals surface area (Å²) in [5, 5.41) is 4.49. The van der Waals surface area contributed by atoms with Crippen molar-refractivity contribution in [1.82, 2.24) is 14.5 Å². The van der Waals surface area contributed by atoms with Crippen LogP contribution in [0.15, 0.2) is 146 Å². The molecule has 0 N–H and O–H groups in total. The summed E-state index contributed by atoms with van der Waals surface area (Å²) in [5.74, 6) is 7.60. The molecule has 0 saturated carbocycles. The third-order valence-electron chi connectivity index (χ3n) is 12.1. The van der Waals surface area contributed by atoms with Crippen LogP contribution in [0.3, 0.4) is 0 Å². The number of pyridine rings is 1. The quantitative estimate of drug-likeness (QED) is 0.112. The van der Waals surface area contributed by atoms with Crippen LogP contribution in [0.2, 0.25) is 17.3 Å². The van der Waals surface area contributed by atoms with Crippen molar-refractivity contribution in [2.75, 3.05) is 0 Å². The number of fused-ring (bicyclic) bond motifs is 6. The van der Waals surface area contributed by atoms with Crippen molar-refractivity contribution in [1.29, 1.82) is 0 Å². The number of aromatic nitrogens is 3. The van der Waals surface area contributed by atoms with Gasteiger partial charge in [0.25, 0.3) is 0 Å². The average Bonchev–Trinajstić information content (AvgIpc) is 3.87. The van der Waals surface area contributed by atoms with Gasteiger partial charge in [-0.3, -0.25) is 4.98 Å². The van der Waals surface area contributed by atoms with E-state index in [1.54, 1.807) is 23.5 Å². The SMILES string of the molecule is CC(C)c1cc(-c2ccccc2)cc(C(C)C)c1-n1c(-c2[c-]ccc3c2sc2cc(F)ccc23)nc2ccc3ccccc3c21.[2H]C(C)(C)c1cc(-c2[c-]cccc2)nc[c]1[Ge]([CH3])([CH3])[CH3].[Ir]. The summed E-state index contributed by atoms with van der Waals surface area (Å²) in [5.41, 5.74) is 12.2. The van der Waals surface area contributed by atoms with Gasteiger partial charge in [0.05, 0.1) is 16.9 Å². The van der Waals surface area contributed by atoms with Gasteiger partial charge in [-0.2, -0.15) is 11.3 Å². The fraction of sp³-hybridized carbons (Fsp3) is 0.207. The standard InChI is InChI=1S/C41H32FN2S.C17H22GeN.Ir/c1-24(2)34-21-28(26-11-6-5-7-12-26)22-35(25(3)4)38(34)44-39-30-14-9-8-13-27(30)17-20-36(39)43-41(44)33-16-10-15-32-31-19-18-29(42)23-37(31)45-40(32)33;1-13(2)15-11-17(14-9-7-6-8-10-14)19-12-16(15)18(3,4)5;/h5-15,17-25H,1-4H3;6-9,11-13H,1-5H3;/q2*-1;/i;13D;. The first kappa shape index (κ1) is 44.9. The normalized spacial score (nSPS) is 12.2. The molecule has 0 amide bonds. The molecule has 3 heterocycles. The summed E-state index contributed by atoms with van der Waals surface area (Å²) >= 11 is -0.415. The number of nitrogens with zero attached hydrogens (tertiary/aromatic N) is 3. The van der Waals surface area contributed by atoms with Gasteiger partial charge in [0.2, 0.25) is 0 Å². The molecular weight excluding hydrogens is 1050 g/mol. The molecule has 0 aliphatic rings. The van der Waals surface area contributed by atoms with E-state index in [4.69, 9.17) is 6.35 Å². The summed E-state index contributed by atoms with van der Waals surface area (Å²) in [4.78, 5) is 10.0. The van der Waals surface area contributed by atoms with E-state index in [-0.39, 0.29) is 37.8 Å².